The standard InChI is InChI=1S/C44H50N6O10S/c1-4-35(5-2)50(25-24-49(3)61(58,59)48-44(57)60-28-38(51)52)27-31-12-9-13-33(26-31)41(53)47-40-39(36-14-6-7-15-37(36)46-40)42(54)45-34-22-18-30(19-23-34)11-8-10-29-16-20-32(21-17-29)43(55)56/h6-7,9,12-23,26,35,46H,4-5,8,10-11,24-25,27-28H2,1-3H3,(H,45,54)(H,47,53)(H,48,57)(H,51,52)(H,55,56). The predicted molar refractivity (Wildman–Crippen MR) is 231 cm³/mol. The quantitative estimate of drug-likeness (QED) is 0.0465. The first-order valence-corrected chi connectivity index (χ1v) is 21.2. The Morgan fingerprint density at radius 2 is 1.41 bits per heavy atom. The first-order valence-electron chi connectivity index (χ1n) is 19.8. The summed E-state index contributed by atoms with van der Waals surface area (Å²) in [6.45, 7) is 3.68. The van der Waals surface area contributed by atoms with Crippen molar-refractivity contribution in [2.45, 2.75) is 58.5 Å². The van der Waals surface area contributed by atoms with Gasteiger partial charge in [0.2, 0.25) is 0 Å². The van der Waals surface area contributed by atoms with Crippen LogP contribution in [0.15, 0.2) is 97.1 Å². The molecule has 0 aliphatic rings. The van der Waals surface area contributed by atoms with Crippen LogP contribution in [-0.2, 0) is 39.1 Å². The van der Waals surface area contributed by atoms with Gasteiger partial charge < -0.3 is 30.6 Å². The number of aliphatic carboxylic acids is 1. The number of anilines is 2. The number of carboxylic acid groups (broad SMARTS) is 2. The van der Waals surface area contributed by atoms with Gasteiger partial charge in [0, 0.05) is 54.9 Å². The molecule has 0 atom stereocenters. The Bertz CT molecular complexity index is 2450. The van der Waals surface area contributed by atoms with Crippen molar-refractivity contribution < 1.29 is 47.3 Å². The number of nitrogens with zero attached hydrogens (tertiary/aromatic N) is 2. The third-order valence-corrected chi connectivity index (χ3v) is 11.6. The van der Waals surface area contributed by atoms with E-state index in [1.807, 2.05) is 74.5 Å². The van der Waals surface area contributed by atoms with E-state index in [0.717, 1.165) is 53.1 Å². The number of likely N-dealkylation sites (N-methyl/N-ethyl adjacent to an activating group) is 1. The molecule has 0 fully saturated rings. The van der Waals surface area contributed by atoms with Gasteiger partial charge in [-0.05, 0) is 91.3 Å². The number of carbonyl (C=O) groups excluding carboxylic acids is 3. The zero-order chi connectivity index (χ0) is 44.1. The summed E-state index contributed by atoms with van der Waals surface area (Å²) in [5, 5.41) is 24.3. The number of amides is 3. The number of carboxylic acids is 2. The molecule has 0 saturated carbocycles. The fourth-order valence-corrected chi connectivity index (χ4v) is 7.63. The molecule has 322 valence electrons. The van der Waals surface area contributed by atoms with Crippen LogP contribution in [0.1, 0.15) is 80.9 Å². The van der Waals surface area contributed by atoms with E-state index in [-0.39, 0.29) is 36.1 Å². The number of benzene rings is 4. The Hall–Kier alpha value is -6.56. The van der Waals surface area contributed by atoms with Gasteiger partial charge in [0.05, 0.1) is 11.1 Å². The lowest BCUT2D eigenvalue weighted by molar-refractivity contribution is -0.140. The van der Waals surface area contributed by atoms with Gasteiger partial charge in [-0.3, -0.25) is 14.5 Å². The van der Waals surface area contributed by atoms with Gasteiger partial charge in [-0.1, -0.05) is 68.4 Å². The van der Waals surface area contributed by atoms with Crippen LogP contribution in [0, 0.1) is 0 Å². The number of aromatic amines is 1. The van der Waals surface area contributed by atoms with E-state index < -0.39 is 46.7 Å². The van der Waals surface area contributed by atoms with Crippen LogP contribution in [0.25, 0.3) is 10.9 Å². The van der Waals surface area contributed by atoms with Crippen molar-refractivity contribution >= 4 is 62.5 Å². The molecule has 0 aliphatic carbocycles. The van der Waals surface area contributed by atoms with E-state index in [4.69, 9.17) is 10.2 Å². The Morgan fingerprint density at radius 3 is 2.05 bits per heavy atom. The van der Waals surface area contributed by atoms with Crippen LogP contribution < -0.4 is 15.4 Å². The van der Waals surface area contributed by atoms with Crippen molar-refractivity contribution in [3.05, 3.63) is 130 Å². The van der Waals surface area contributed by atoms with E-state index in [1.165, 1.54) is 7.05 Å². The average molecular weight is 855 g/mol. The Labute approximate surface area is 354 Å². The summed E-state index contributed by atoms with van der Waals surface area (Å²) in [4.78, 5) is 66.6. The van der Waals surface area contributed by atoms with Gasteiger partial charge >= 0.3 is 28.2 Å². The van der Waals surface area contributed by atoms with E-state index in [1.54, 1.807) is 41.1 Å². The van der Waals surface area contributed by atoms with Gasteiger partial charge in [0.15, 0.2) is 6.61 Å². The first-order chi connectivity index (χ1) is 29.2. The second-order valence-electron chi connectivity index (χ2n) is 14.4. The fraction of sp³-hybridized carbons (Fsp3) is 0.295. The largest absolute Gasteiger partial charge is 0.479 e. The van der Waals surface area contributed by atoms with Gasteiger partial charge in [0.25, 0.3) is 11.8 Å². The fourth-order valence-electron chi connectivity index (χ4n) is 6.89. The van der Waals surface area contributed by atoms with Crippen LogP contribution in [0.5, 0.6) is 0 Å². The van der Waals surface area contributed by atoms with Crippen molar-refractivity contribution in [3.63, 3.8) is 0 Å². The van der Waals surface area contributed by atoms with Gasteiger partial charge in [-0.25, -0.2) is 19.1 Å². The number of rotatable bonds is 21. The van der Waals surface area contributed by atoms with Gasteiger partial charge in [-0.15, -0.1) is 0 Å². The molecular formula is C44H50N6O10S. The summed E-state index contributed by atoms with van der Waals surface area (Å²) >= 11 is 0. The van der Waals surface area contributed by atoms with Crippen LogP contribution in [0.3, 0.4) is 0 Å². The molecule has 5 aromatic rings. The van der Waals surface area contributed by atoms with Crippen molar-refractivity contribution in [2.24, 2.45) is 0 Å². The molecule has 0 unspecified atom stereocenters. The van der Waals surface area contributed by atoms with E-state index in [2.05, 4.69) is 25.3 Å². The Morgan fingerprint density at radius 1 is 0.754 bits per heavy atom. The van der Waals surface area contributed by atoms with E-state index in [0.29, 0.717) is 28.7 Å². The number of H-pyrrole nitrogens is 1. The van der Waals surface area contributed by atoms with Crippen molar-refractivity contribution in [1.29, 1.82) is 0 Å². The maximum atomic E-state index is 13.9. The maximum absolute atomic E-state index is 13.9. The van der Waals surface area contributed by atoms with Crippen LogP contribution in [0.2, 0.25) is 0 Å². The molecule has 6 N–H and O–H groups in total. The molecule has 4 aromatic carbocycles. The molecule has 0 aliphatic heterocycles. The third-order valence-electron chi connectivity index (χ3n) is 10.2. The number of hydrogen-bond acceptors (Lipinski definition) is 9. The molecule has 1 heterocycles. The summed E-state index contributed by atoms with van der Waals surface area (Å²) < 4.78 is 32.5. The molecule has 0 bridgehead atoms. The lowest BCUT2D eigenvalue weighted by atomic mass is 10.0. The topological polar surface area (TPSA) is 228 Å². The van der Waals surface area contributed by atoms with E-state index >= 15 is 0 Å². The molecule has 1 aromatic heterocycles. The van der Waals surface area contributed by atoms with Crippen LogP contribution in [0.4, 0.5) is 16.3 Å². The second-order valence-corrected chi connectivity index (χ2v) is 16.2. The number of aryl methyl sites for hydroxylation is 2. The zero-order valence-electron chi connectivity index (χ0n) is 34.1. The number of fused-ring (bicyclic) bond motifs is 1. The van der Waals surface area contributed by atoms with E-state index in [9.17, 15) is 32.4 Å². The number of aromatic nitrogens is 1. The van der Waals surface area contributed by atoms with Crippen molar-refractivity contribution in [3.8, 4) is 0 Å². The summed E-state index contributed by atoms with van der Waals surface area (Å²) in [6, 6.07) is 28.7. The van der Waals surface area contributed by atoms with Gasteiger partial charge in [-0.2, -0.15) is 12.7 Å². The number of para-hydroxylation sites is 1. The highest BCUT2D eigenvalue weighted by atomic mass is 32.2. The minimum absolute atomic E-state index is 0.0122. The molecule has 0 radical (unpaired) electrons. The summed E-state index contributed by atoms with van der Waals surface area (Å²) in [6.07, 6.45) is 2.56. The average Bonchev–Trinajstić information content (AvgIpc) is 3.60. The Kier molecular flexibility index (Phi) is 15.8. The Balaban J connectivity index is 1.24. The molecule has 17 heteroatoms. The zero-order valence-corrected chi connectivity index (χ0v) is 35.0. The highest BCUT2D eigenvalue weighted by Gasteiger charge is 2.25. The maximum Gasteiger partial charge on any atom is 0.422 e. The molecule has 0 spiro atoms. The number of ether oxygens (including phenoxy) is 1. The van der Waals surface area contributed by atoms with Crippen LogP contribution >= 0.6 is 0 Å². The normalized spacial score (nSPS) is 11.5. The molecule has 61 heavy (non-hydrogen) atoms. The van der Waals surface area contributed by atoms with Crippen molar-refractivity contribution in [2.75, 3.05) is 37.4 Å². The number of nitrogens with one attached hydrogen (secondary N) is 4. The van der Waals surface area contributed by atoms with Crippen LogP contribution in [-0.4, -0.2) is 95.5 Å². The van der Waals surface area contributed by atoms with Crippen molar-refractivity contribution in [1.82, 2.24) is 18.9 Å². The molecule has 0 saturated heterocycles. The smallest absolute Gasteiger partial charge is 0.422 e. The molecule has 5 rings (SSSR count). The highest BCUT2D eigenvalue weighted by Crippen LogP contribution is 2.28. The number of aromatic carboxylic acids is 1. The third kappa shape index (κ3) is 12.7. The minimum Gasteiger partial charge on any atom is -0.479 e. The highest BCUT2D eigenvalue weighted by molar-refractivity contribution is 7.87. The minimum atomic E-state index is -4.32. The second kappa shape index (κ2) is 21.1. The number of hydrogen-bond donors (Lipinski definition) is 6. The molecule has 3 amide bonds. The summed E-state index contributed by atoms with van der Waals surface area (Å²) in [7, 11) is -3.04. The monoisotopic (exact) mass is 854 g/mol. The van der Waals surface area contributed by atoms with Gasteiger partial charge in [0.1, 0.15) is 5.82 Å². The summed E-state index contributed by atoms with van der Waals surface area (Å²) in [5.74, 6) is -3.03. The predicted octanol–water partition coefficient (Wildman–Crippen LogP) is 6.52. The molecule has 16 nitrogen and oxygen atoms in total. The lowest BCUT2D eigenvalue weighted by Gasteiger charge is -2.32. The SMILES string of the molecule is CCC(CC)N(CCN(C)S(=O)(=O)NC(=O)OCC(=O)O)Cc1cccc(C(=O)Nc2[nH]c3ccccc3c2C(=O)Nc2ccc(CCCc3ccc(C(=O)O)cc3)cc2)c1. The lowest BCUT2D eigenvalue weighted by Crippen LogP contribution is -2.46. The first kappa shape index (κ1) is 45.5. The molecular weight excluding hydrogens is 805 g/mol. The summed E-state index contributed by atoms with van der Waals surface area (Å²) in [5.41, 5.74) is 5.01. The number of carbonyl (C=O) groups is 5.